The van der Waals surface area contributed by atoms with E-state index in [1.54, 1.807) is 18.3 Å². The van der Waals surface area contributed by atoms with Crippen LogP contribution in [0.5, 0.6) is 5.88 Å². The molecule has 1 aliphatic rings. The minimum Gasteiger partial charge on any atom is -0.477 e. The average molecular weight is 327 g/mol. The molecule has 3 rings (SSSR count). The normalized spacial score (nSPS) is 14.3. The van der Waals surface area contributed by atoms with Gasteiger partial charge < -0.3 is 19.7 Å². The molecule has 0 atom stereocenters. The molecule has 1 N–H and O–H groups in total. The third-order valence-corrected chi connectivity index (χ3v) is 3.80. The molecule has 0 spiro atoms. The molecule has 0 radical (unpaired) electrons. The lowest BCUT2D eigenvalue weighted by molar-refractivity contribution is 0.102. The van der Waals surface area contributed by atoms with Crippen LogP contribution < -0.4 is 15.0 Å². The van der Waals surface area contributed by atoms with Gasteiger partial charge in [0.05, 0.1) is 19.8 Å². The first-order valence-electron chi connectivity index (χ1n) is 8.10. The highest BCUT2D eigenvalue weighted by Crippen LogP contribution is 2.21. The fraction of sp³-hybridized carbons (Fsp3) is 0.333. The average Bonchev–Trinajstić information content (AvgIpc) is 2.64. The van der Waals surface area contributed by atoms with E-state index in [-0.39, 0.29) is 5.91 Å². The van der Waals surface area contributed by atoms with E-state index >= 15 is 0 Å². The highest BCUT2D eigenvalue weighted by atomic mass is 16.5. The predicted octanol–water partition coefficient (Wildman–Crippen LogP) is 2.57. The largest absolute Gasteiger partial charge is 0.477 e. The molecule has 1 aliphatic heterocycles. The summed E-state index contributed by atoms with van der Waals surface area (Å²) in [5.41, 5.74) is 2.30. The van der Waals surface area contributed by atoms with Crippen molar-refractivity contribution in [2.75, 3.05) is 43.1 Å². The Bertz CT molecular complexity index is 682. The molecule has 2 heterocycles. The summed E-state index contributed by atoms with van der Waals surface area (Å²) < 4.78 is 10.8. The number of aromatic nitrogens is 1. The Kier molecular flexibility index (Phi) is 5.28. The Morgan fingerprint density at radius 2 is 2.00 bits per heavy atom. The summed E-state index contributed by atoms with van der Waals surface area (Å²) >= 11 is 0. The van der Waals surface area contributed by atoms with Gasteiger partial charge in [0.2, 0.25) is 5.88 Å². The fourth-order valence-corrected chi connectivity index (χ4v) is 2.59. The molecule has 1 aromatic carbocycles. The van der Waals surface area contributed by atoms with E-state index in [0.717, 1.165) is 37.7 Å². The first-order valence-corrected chi connectivity index (χ1v) is 8.10. The van der Waals surface area contributed by atoms with Gasteiger partial charge in [-0.1, -0.05) is 0 Å². The van der Waals surface area contributed by atoms with Gasteiger partial charge in [0.1, 0.15) is 5.56 Å². The van der Waals surface area contributed by atoms with Crippen molar-refractivity contribution in [3.8, 4) is 5.88 Å². The summed E-state index contributed by atoms with van der Waals surface area (Å²) in [6.07, 6.45) is 1.61. The van der Waals surface area contributed by atoms with Crippen molar-refractivity contribution in [2.45, 2.75) is 6.92 Å². The van der Waals surface area contributed by atoms with Gasteiger partial charge in [0, 0.05) is 30.7 Å². The van der Waals surface area contributed by atoms with Crippen molar-refractivity contribution in [3.05, 3.63) is 48.2 Å². The Balaban J connectivity index is 1.68. The minimum atomic E-state index is -0.231. The molecule has 1 saturated heterocycles. The van der Waals surface area contributed by atoms with Crippen molar-refractivity contribution in [1.29, 1.82) is 0 Å². The summed E-state index contributed by atoms with van der Waals surface area (Å²) in [6.45, 7) is 5.60. The molecule has 1 fully saturated rings. The number of morpholine rings is 1. The maximum atomic E-state index is 12.4. The van der Waals surface area contributed by atoms with Crippen LogP contribution in [0.4, 0.5) is 11.4 Å². The molecule has 0 saturated carbocycles. The smallest absolute Gasteiger partial charge is 0.261 e. The zero-order valence-corrected chi connectivity index (χ0v) is 13.7. The SMILES string of the molecule is CCOc1ncccc1C(=O)Nc1ccc(N2CCOCC2)cc1. The van der Waals surface area contributed by atoms with Gasteiger partial charge in [-0.15, -0.1) is 0 Å². The lowest BCUT2D eigenvalue weighted by atomic mass is 10.2. The van der Waals surface area contributed by atoms with E-state index < -0.39 is 0 Å². The van der Waals surface area contributed by atoms with Crippen LogP contribution in [0.3, 0.4) is 0 Å². The summed E-state index contributed by atoms with van der Waals surface area (Å²) in [5, 5.41) is 2.89. The van der Waals surface area contributed by atoms with Gasteiger partial charge in [0.15, 0.2) is 0 Å². The molecule has 1 aromatic heterocycles. The van der Waals surface area contributed by atoms with Crippen LogP contribution in [0, 0.1) is 0 Å². The molecule has 1 amide bonds. The van der Waals surface area contributed by atoms with Crippen molar-refractivity contribution >= 4 is 17.3 Å². The first-order chi connectivity index (χ1) is 11.8. The quantitative estimate of drug-likeness (QED) is 0.914. The number of nitrogens with zero attached hydrogens (tertiary/aromatic N) is 2. The van der Waals surface area contributed by atoms with E-state index in [0.29, 0.717) is 18.1 Å². The number of amides is 1. The highest BCUT2D eigenvalue weighted by Gasteiger charge is 2.14. The Morgan fingerprint density at radius 3 is 2.71 bits per heavy atom. The van der Waals surface area contributed by atoms with Gasteiger partial charge in [-0.3, -0.25) is 4.79 Å². The molecule has 6 nitrogen and oxygen atoms in total. The van der Waals surface area contributed by atoms with Gasteiger partial charge >= 0.3 is 0 Å². The van der Waals surface area contributed by atoms with E-state index in [1.165, 1.54) is 0 Å². The molecule has 0 aliphatic carbocycles. The maximum Gasteiger partial charge on any atom is 0.261 e. The maximum absolute atomic E-state index is 12.4. The van der Waals surface area contributed by atoms with Crippen LogP contribution in [0.1, 0.15) is 17.3 Å². The lowest BCUT2D eigenvalue weighted by Gasteiger charge is -2.28. The second kappa shape index (κ2) is 7.79. The van der Waals surface area contributed by atoms with Crippen LogP contribution in [-0.4, -0.2) is 43.8 Å². The molecule has 0 unspecified atom stereocenters. The summed E-state index contributed by atoms with van der Waals surface area (Å²) in [5.74, 6) is 0.119. The van der Waals surface area contributed by atoms with Crippen molar-refractivity contribution in [3.63, 3.8) is 0 Å². The molecule has 24 heavy (non-hydrogen) atoms. The molecular formula is C18H21N3O3. The molecule has 126 valence electrons. The van der Waals surface area contributed by atoms with Crippen LogP contribution >= 0.6 is 0 Å². The third-order valence-electron chi connectivity index (χ3n) is 3.80. The predicted molar refractivity (Wildman–Crippen MR) is 92.8 cm³/mol. The Morgan fingerprint density at radius 1 is 1.25 bits per heavy atom. The molecule has 0 bridgehead atoms. The fourth-order valence-electron chi connectivity index (χ4n) is 2.59. The van der Waals surface area contributed by atoms with Crippen molar-refractivity contribution in [1.82, 2.24) is 4.98 Å². The molecule has 2 aromatic rings. The van der Waals surface area contributed by atoms with Crippen molar-refractivity contribution in [2.24, 2.45) is 0 Å². The zero-order chi connectivity index (χ0) is 16.8. The van der Waals surface area contributed by atoms with Gasteiger partial charge in [-0.25, -0.2) is 4.98 Å². The summed E-state index contributed by atoms with van der Waals surface area (Å²) in [6, 6.07) is 11.2. The van der Waals surface area contributed by atoms with Crippen LogP contribution in [0.25, 0.3) is 0 Å². The first kappa shape index (κ1) is 16.3. The van der Waals surface area contributed by atoms with Crippen LogP contribution in [0.2, 0.25) is 0 Å². The number of rotatable bonds is 5. The number of hydrogen-bond donors (Lipinski definition) is 1. The van der Waals surface area contributed by atoms with E-state index in [2.05, 4.69) is 15.2 Å². The van der Waals surface area contributed by atoms with E-state index in [1.807, 2.05) is 31.2 Å². The number of nitrogens with one attached hydrogen (secondary N) is 1. The van der Waals surface area contributed by atoms with E-state index in [4.69, 9.17) is 9.47 Å². The number of pyridine rings is 1. The van der Waals surface area contributed by atoms with Gasteiger partial charge in [-0.05, 0) is 43.3 Å². The number of benzene rings is 1. The zero-order valence-electron chi connectivity index (χ0n) is 13.7. The number of carbonyl (C=O) groups is 1. The third kappa shape index (κ3) is 3.83. The van der Waals surface area contributed by atoms with Crippen LogP contribution in [-0.2, 0) is 4.74 Å². The summed E-state index contributed by atoms with van der Waals surface area (Å²) in [4.78, 5) is 18.8. The second-order valence-corrected chi connectivity index (χ2v) is 5.39. The second-order valence-electron chi connectivity index (χ2n) is 5.39. The molecular weight excluding hydrogens is 306 g/mol. The summed E-state index contributed by atoms with van der Waals surface area (Å²) in [7, 11) is 0. The minimum absolute atomic E-state index is 0.231. The number of carbonyl (C=O) groups excluding carboxylic acids is 1. The van der Waals surface area contributed by atoms with Crippen molar-refractivity contribution < 1.29 is 14.3 Å². The Labute approximate surface area is 141 Å². The molecule has 6 heteroatoms. The Hall–Kier alpha value is -2.60. The standard InChI is InChI=1S/C18H21N3O3/c1-2-24-18-16(4-3-9-19-18)17(22)20-14-5-7-15(8-6-14)21-10-12-23-13-11-21/h3-9H,2,10-13H2,1H3,(H,20,22). The number of anilines is 2. The number of hydrogen-bond acceptors (Lipinski definition) is 5. The van der Waals surface area contributed by atoms with E-state index in [9.17, 15) is 4.79 Å². The van der Waals surface area contributed by atoms with Gasteiger partial charge in [0.25, 0.3) is 5.91 Å². The van der Waals surface area contributed by atoms with Gasteiger partial charge in [-0.2, -0.15) is 0 Å². The number of ether oxygens (including phenoxy) is 2. The topological polar surface area (TPSA) is 63.7 Å². The van der Waals surface area contributed by atoms with Crippen LogP contribution in [0.15, 0.2) is 42.6 Å². The lowest BCUT2D eigenvalue weighted by Crippen LogP contribution is -2.36. The highest BCUT2D eigenvalue weighted by molar-refractivity contribution is 6.05. The monoisotopic (exact) mass is 327 g/mol.